The predicted molar refractivity (Wildman–Crippen MR) is 81.0 cm³/mol. The Morgan fingerprint density at radius 1 is 1.15 bits per heavy atom. The molecule has 0 spiro atoms. The zero-order chi connectivity index (χ0) is 15.3. The minimum Gasteiger partial charge on any atom is -0.313 e. The number of aryl methyl sites for hydroxylation is 2. The molecule has 0 amide bonds. The molecule has 0 aromatic heterocycles. The first kappa shape index (κ1) is 17.1. The average Bonchev–Trinajstić information content (AvgIpc) is 2.37. The van der Waals surface area contributed by atoms with E-state index in [-0.39, 0.29) is 5.41 Å². The lowest BCUT2D eigenvalue weighted by Gasteiger charge is -2.32. The van der Waals surface area contributed by atoms with Crippen LogP contribution >= 0.6 is 0 Å². The van der Waals surface area contributed by atoms with Crippen LogP contribution in [0.5, 0.6) is 0 Å². The second-order valence-corrected chi connectivity index (χ2v) is 6.58. The van der Waals surface area contributed by atoms with Gasteiger partial charge in [-0.2, -0.15) is 0 Å². The summed E-state index contributed by atoms with van der Waals surface area (Å²) in [7, 11) is 0. The highest BCUT2D eigenvalue weighted by molar-refractivity contribution is 5.25. The number of hydrogen-bond acceptors (Lipinski definition) is 1. The van der Waals surface area contributed by atoms with E-state index >= 15 is 0 Å². The van der Waals surface area contributed by atoms with Crippen molar-refractivity contribution in [2.45, 2.75) is 59.9 Å². The molecule has 0 aliphatic rings. The fraction of sp³-hybridized carbons (Fsp3) is 0.647. The van der Waals surface area contributed by atoms with Crippen molar-refractivity contribution in [1.29, 1.82) is 0 Å². The predicted octanol–water partition coefficient (Wildman–Crippen LogP) is 4.62. The molecule has 0 radical (unpaired) electrons. The van der Waals surface area contributed by atoms with Gasteiger partial charge in [-0.05, 0) is 49.3 Å². The molecule has 0 bridgehead atoms. The van der Waals surface area contributed by atoms with Gasteiger partial charge in [0.2, 0.25) is 0 Å². The van der Waals surface area contributed by atoms with Crippen LogP contribution in [0.4, 0.5) is 8.78 Å². The van der Waals surface area contributed by atoms with Gasteiger partial charge in [0.25, 0.3) is 0 Å². The fourth-order valence-corrected chi connectivity index (χ4v) is 2.34. The molecule has 1 unspecified atom stereocenters. The summed E-state index contributed by atoms with van der Waals surface area (Å²) in [6.07, 6.45) is 2.44. The molecule has 1 N–H and O–H groups in total. The Kier molecular flexibility index (Phi) is 6.12. The number of rotatable bonds is 6. The molecule has 0 aliphatic heterocycles. The molecule has 0 heterocycles. The number of hydrogen-bond donors (Lipinski definition) is 1. The Morgan fingerprint density at radius 3 is 2.35 bits per heavy atom. The molecule has 1 nitrogen and oxygen atoms in total. The van der Waals surface area contributed by atoms with E-state index in [2.05, 4.69) is 33.0 Å². The summed E-state index contributed by atoms with van der Waals surface area (Å²) in [6.45, 7) is 11.2. The van der Waals surface area contributed by atoms with Crippen LogP contribution in [0.2, 0.25) is 0 Å². The van der Waals surface area contributed by atoms with Crippen molar-refractivity contribution in [2.75, 3.05) is 6.54 Å². The van der Waals surface area contributed by atoms with E-state index in [0.29, 0.717) is 23.6 Å². The van der Waals surface area contributed by atoms with Crippen molar-refractivity contribution in [2.24, 2.45) is 5.41 Å². The second-order valence-electron chi connectivity index (χ2n) is 6.58. The SMILES string of the molecule is CCCNC(CCc1ccc(C)c(F)c1F)C(C)(C)C. The maximum atomic E-state index is 13.9. The third kappa shape index (κ3) is 4.55. The third-order valence-corrected chi connectivity index (χ3v) is 3.74. The van der Waals surface area contributed by atoms with Gasteiger partial charge in [0.05, 0.1) is 0 Å². The summed E-state index contributed by atoms with van der Waals surface area (Å²) in [4.78, 5) is 0. The van der Waals surface area contributed by atoms with Crippen LogP contribution < -0.4 is 5.32 Å². The van der Waals surface area contributed by atoms with Gasteiger partial charge in [0.1, 0.15) is 0 Å². The maximum absolute atomic E-state index is 13.9. The Balaban J connectivity index is 2.75. The molecule has 114 valence electrons. The fourth-order valence-electron chi connectivity index (χ4n) is 2.34. The first-order valence-corrected chi connectivity index (χ1v) is 7.44. The largest absolute Gasteiger partial charge is 0.313 e. The molecule has 3 heteroatoms. The highest BCUT2D eigenvalue weighted by Crippen LogP contribution is 2.25. The average molecular weight is 283 g/mol. The lowest BCUT2D eigenvalue weighted by Crippen LogP contribution is -2.41. The van der Waals surface area contributed by atoms with Crippen LogP contribution in [0.3, 0.4) is 0 Å². The van der Waals surface area contributed by atoms with Gasteiger partial charge < -0.3 is 5.32 Å². The molecule has 20 heavy (non-hydrogen) atoms. The highest BCUT2D eigenvalue weighted by Gasteiger charge is 2.24. The summed E-state index contributed by atoms with van der Waals surface area (Å²) in [6, 6.07) is 3.65. The highest BCUT2D eigenvalue weighted by atomic mass is 19.2. The van der Waals surface area contributed by atoms with Crippen LogP contribution in [0.15, 0.2) is 12.1 Å². The van der Waals surface area contributed by atoms with Crippen molar-refractivity contribution < 1.29 is 8.78 Å². The first-order valence-electron chi connectivity index (χ1n) is 7.44. The second kappa shape index (κ2) is 7.16. The molecular weight excluding hydrogens is 256 g/mol. The summed E-state index contributed by atoms with van der Waals surface area (Å²) < 4.78 is 27.4. The van der Waals surface area contributed by atoms with Gasteiger partial charge in [-0.1, -0.05) is 39.8 Å². The van der Waals surface area contributed by atoms with Crippen LogP contribution in [-0.2, 0) is 6.42 Å². The maximum Gasteiger partial charge on any atom is 0.162 e. The molecule has 0 fully saturated rings. The molecule has 1 aromatic rings. The zero-order valence-corrected chi connectivity index (χ0v) is 13.3. The van der Waals surface area contributed by atoms with Crippen molar-refractivity contribution in [1.82, 2.24) is 5.32 Å². The van der Waals surface area contributed by atoms with Crippen LogP contribution in [0, 0.1) is 24.0 Å². The smallest absolute Gasteiger partial charge is 0.162 e. The number of nitrogens with one attached hydrogen (secondary N) is 1. The molecule has 0 saturated carbocycles. The van der Waals surface area contributed by atoms with Crippen LogP contribution in [-0.4, -0.2) is 12.6 Å². The van der Waals surface area contributed by atoms with Gasteiger partial charge in [-0.15, -0.1) is 0 Å². The Morgan fingerprint density at radius 2 is 1.80 bits per heavy atom. The van der Waals surface area contributed by atoms with Gasteiger partial charge in [-0.25, -0.2) is 8.78 Å². The van der Waals surface area contributed by atoms with E-state index in [9.17, 15) is 8.78 Å². The quantitative estimate of drug-likeness (QED) is 0.803. The van der Waals surface area contributed by atoms with Crippen molar-refractivity contribution in [3.8, 4) is 0 Å². The van der Waals surface area contributed by atoms with E-state index in [1.807, 2.05) is 0 Å². The number of benzene rings is 1. The van der Waals surface area contributed by atoms with Gasteiger partial charge in [-0.3, -0.25) is 0 Å². The standard InChI is InChI=1S/C17H27F2N/c1-6-11-20-14(17(3,4)5)10-9-13-8-7-12(2)15(18)16(13)19/h7-8,14,20H,6,9-11H2,1-5H3. The minimum absolute atomic E-state index is 0.106. The Bertz CT molecular complexity index is 435. The lowest BCUT2D eigenvalue weighted by molar-refractivity contribution is 0.254. The Labute approximate surface area is 121 Å². The van der Waals surface area contributed by atoms with Crippen LogP contribution in [0.1, 0.15) is 51.7 Å². The summed E-state index contributed by atoms with van der Waals surface area (Å²) in [5.41, 5.74) is 0.943. The van der Waals surface area contributed by atoms with Gasteiger partial charge in [0, 0.05) is 6.04 Å². The van der Waals surface area contributed by atoms with E-state index < -0.39 is 11.6 Å². The number of halogens is 2. The molecule has 0 saturated heterocycles. The van der Waals surface area contributed by atoms with E-state index in [4.69, 9.17) is 0 Å². The third-order valence-electron chi connectivity index (χ3n) is 3.74. The summed E-state index contributed by atoms with van der Waals surface area (Å²) >= 11 is 0. The minimum atomic E-state index is -0.712. The molecular formula is C17H27F2N. The van der Waals surface area contributed by atoms with E-state index in [1.54, 1.807) is 19.1 Å². The van der Waals surface area contributed by atoms with Crippen molar-refractivity contribution >= 4 is 0 Å². The normalized spacial score (nSPS) is 13.6. The molecule has 1 rings (SSSR count). The van der Waals surface area contributed by atoms with E-state index in [0.717, 1.165) is 19.4 Å². The van der Waals surface area contributed by atoms with Gasteiger partial charge in [0.15, 0.2) is 11.6 Å². The lowest BCUT2D eigenvalue weighted by atomic mass is 9.83. The zero-order valence-electron chi connectivity index (χ0n) is 13.3. The topological polar surface area (TPSA) is 12.0 Å². The van der Waals surface area contributed by atoms with E-state index in [1.165, 1.54) is 0 Å². The summed E-state index contributed by atoms with van der Waals surface area (Å²) in [5.74, 6) is -1.40. The molecule has 1 atom stereocenters. The summed E-state index contributed by atoms with van der Waals surface area (Å²) in [5, 5.41) is 3.51. The molecule has 1 aromatic carbocycles. The Hall–Kier alpha value is -0.960. The molecule has 0 aliphatic carbocycles. The monoisotopic (exact) mass is 283 g/mol. The van der Waals surface area contributed by atoms with Crippen LogP contribution in [0.25, 0.3) is 0 Å². The van der Waals surface area contributed by atoms with Crippen molar-refractivity contribution in [3.63, 3.8) is 0 Å². The first-order chi connectivity index (χ1) is 9.27. The van der Waals surface area contributed by atoms with Gasteiger partial charge >= 0.3 is 0 Å². The van der Waals surface area contributed by atoms with Crippen molar-refractivity contribution in [3.05, 3.63) is 34.9 Å².